The number of halogens is 2. The molecule has 130 valence electrons. The fourth-order valence-corrected chi connectivity index (χ4v) is 3.65. The second-order valence-electron chi connectivity index (χ2n) is 5.31. The van der Waals surface area contributed by atoms with Crippen molar-refractivity contribution in [3.05, 3.63) is 54.1 Å². The van der Waals surface area contributed by atoms with Crippen LogP contribution in [0, 0.1) is 0 Å². The quantitative estimate of drug-likeness (QED) is 0.332. The van der Waals surface area contributed by atoms with Crippen LogP contribution in [0.1, 0.15) is 5.56 Å². The van der Waals surface area contributed by atoms with Crippen molar-refractivity contribution in [2.24, 2.45) is 5.10 Å². The number of aromatic nitrogens is 1. The normalized spacial score (nSPS) is 11.3. The molecule has 0 aliphatic rings. The number of fused-ring (bicyclic) bond motifs is 1. The summed E-state index contributed by atoms with van der Waals surface area (Å²) < 4.78 is 1.14. The van der Waals surface area contributed by atoms with Gasteiger partial charge in [-0.1, -0.05) is 35.6 Å². The van der Waals surface area contributed by atoms with Crippen LogP contribution in [0.25, 0.3) is 10.2 Å². The first-order valence-corrected chi connectivity index (χ1v) is 9.80. The summed E-state index contributed by atoms with van der Waals surface area (Å²) in [5.41, 5.74) is 6.09. The number of alkyl halides is 2. The lowest BCUT2D eigenvalue weighted by atomic mass is 10.2. The van der Waals surface area contributed by atoms with Gasteiger partial charge in [-0.15, -0.1) is 23.2 Å². The maximum absolute atomic E-state index is 5.85. The van der Waals surface area contributed by atoms with E-state index in [0.717, 1.165) is 39.7 Å². The van der Waals surface area contributed by atoms with Crippen LogP contribution in [-0.4, -0.2) is 36.0 Å². The van der Waals surface area contributed by atoms with Gasteiger partial charge in [-0.2, -0.15) is 5.10 Å². The number of thiazole rings is 1. The van der Waals surface area contributed by atoms with E-state index in [-0.39, 0.29) is 0 Å². The van der Waals surface area contributed by atoms with Gasteiger partial charge < -0.3 is 4.90 Å². The van der Waals surface area contributed by atoms with Crippen molar-refractivity contribution in [1.82, 2.24) is 4.98 Å². The lowest BCUT2D eigenvalue weighted by molar-refractivity contribution is 0.874. The zero-order valence-corrected chi connectivity index (χ0v) is 15.9. The molecule has 2 aromatic carbocycles. The van der Waals surface area contributed by atoms with Crippen LogP contribution in [0.4, 0.5) is 10.8 Å². The number of rotatable bonds is 8. The number of hydrazone groups is 1. The third kappa shape index (κ3) is 4.84. The summed E-state index contributed by atoms with van der Waals surface area (Å²) >= 11 is 13.3. The highest BCUT2D eigenvalue weighted by molar-refractivity contribution is 7.22. The number of hydrogen-bond acceptors (Lipinski definition) is 5. The van der Waals surface area contributed by atoms with Gasteiger partial charge in [-0.3, -0.25) is 5.43 Å². The van der Waals surface area contributed by atoms with Crippen molar-refractivity contribution >= 4 is 61.8 Å². The van der Waals surface area contributed by atoms with Crippen molar-refractivity contribution in [2.45, 2.75) is 0 Å². The molecule has 0 saturated heterocycles. The summed E-state index contributed by atoms with van der Waals surface area (Å²) in [6.07, 6.45) is 1.78. The minimum Gasteiger partial charge on any atom is -0.369 e. The van der Waals surface area contributed by atoms with Crippen molar-refractivity contribution in [3.63, 3.8) is 0 Å². The Balaban J connectivity index is 1.63. The molecule has 0 fully saturated rings. The molecule has 3 rings (SSSR count). The molecule has 0 bridgehead atoms. The molecule has 25 heavy (non-hydrogen) atoms. The minimum atomic E-state index is 0.576. The topological polar surface area (TPSA) is 40.5 Å². The van der Waals surface area contributed by atoms with Crippen LogP contribution in [0.2, 0.25) is 0 Å². The van der Waals surface area contributed by atoms with E-state index in [2.05, 4.69) is 32.5 Å². The summed E-state index contributed by atoms with van der Waals surface area (Å²) in [7, 11) is 0. The fraction of sp³-hybridized carbons (Fsp3) is 0.222. The van der Waals surface area contributed by atoms with Gasteiger partial charge in [0.1, 0.15) is 0 Å². The average Bonchev–Trinajstić information content (AvgIpc) is 3.05. The zero-order valence-electron chi connectivity index (χ0n) is 13.5. The van der Waals surface area contributed by atoms with Gasteiger partial charge in [-0.05, 0) is 29.8 Å². The summed E-state index contributed by atoms with van der Waals surface area (Å²) in [6, 6.07) is 16.2. The van der Waals surface area contributed by atoms with E-state index in [1.807, 2.05) is 36.4 Å². The highest BCUT2D eigenvalue weighted by Crippen LogP contribution is 2.25. The summed E-state index contributed by atoms with van der Waals surface area (Å²) in [6.45, 7) is 1.56. The Morgan fingerprint density at radius 1 is 1.04 bits per heavy atom. The average molecular weight is 393 g/mol. The largest absolute Gasteiger partial charge is 0.369 e. The van der Waals surface area contributed by atoms with E-state index in [1.165, 1.54) is 0 Å². The predicted octanol–water partition coefficient (Wildman–Crippen LogP) is 5.03. The molecular weight excluding hydrogens is 375 g/mol. The van der Waals surface area contributed by atoms with E-state index in [9.17, 15) is 0 Å². The number of hydrogen-bond donors (Lipinski definition) is 1. The molecular formula is C18H18Cl2N4S. The minimum absolute atomic E-state index is 0.576. The molecule has 0 atom stereocenters. The fourth-order valence-electron chi connectivity index (χ4n) is 2.43. The summed E-state index contributed by atoms with van der Waals surface area (Å²) in [5, 5.41) is 5.05. The standard InChI is InChI=1S/C18H18Cl2N4S/c19-9-11-24(12-10-20)15-7-5-14(6-8-15)13-21-23-18-22-16-3-1-2-4-17(16)25-18/h1-8,13H,9-12H2,(H,22,23). The first kappa shape index (κ1) is 18.0. The summed E-state index contributed by atoms with van der Waals surface area (Å²) in [4.78, 5) is 6.65. The number of nitrogens with one attached hydrogen (secondary N) is 1. The zero-order chi connectivity index (χ0) is 17.5. The molecule has 1 aromatic heterocycles. The summed E-state index contributed by atoms with van der Waals surface area (Å²) in [5.74, 6) is 1.15. The molecule has 4 nitrogen and oxygen atoms in total. The Kier molecular flexibility index (Phi) is 6.50. The smallest absolute Gasteiger partial charge is 0.204 e. The molecule has 0 radical (unpaired) electrons. The number of anilines is 2. The van der Waals surface area contributed by atoms with Gasteiger partial charge in [0.15, 0.2) is 0 Å². The maximum Gasteiger partial charge on any atom is 0.204 e. The van der Waals surface area contributed by atoms with Crippen LogP contribution in [0.5, 0.6) is 0 Å². The van der Waals surface area contributed by atoms with Gasteiger partial charge >= 0.3 is 0 Å². The Hall–Kier alpha value is -1.82. The van der Waals surface area contributed by atoms with E-state index in [0.29, 0.717) is 11.8 Å². The van der Waals surface area contributed by atoms with Crippen LogP contribution in [0.15, 0.2) is 53.6 Å². The van der Waals surface area contributed by atoms with E-state index in [1.54, 1.807) is 17.6 Å². The molecule has 0 amide bonds. The molecule has 0 saturated carbocycles. The molecule has 3 aromatic rings. The van der Waals surface area contributed by atoms with Gasteiger partial charge in [0.25, 0.3) is 0 Å². The Morgan fingerprint density at radius 2 is 1.76 bits per heavy atom. The third-order valence-electron chi connectivity index (χ3n) is 3.63. The van der Waals surface area contributed by atoms with Gasteiger partial charge in [0.05, 0.1) is 16.4 Å². The number of benzene rings is 2. The van der Waals surface area contributed by atoms with Crippen molar-refractivity contribution in [2.75, 3.05) is 35.2 Å². The number of para-hydroxylation sites is 1. The van der Waals surface area contributed by atoms with E-state index >= 15 is 0 Å². The van der Waals surface area contributed by atoms with Crippen molar-refractivity contribution in [1.29, 1.82) is 0 Å². The molecule has 0 aliphatic heterocycles. The van der Waals surface area contributed by atoms with E-state index in [4.69, 9.17) is 23.2 Å². The Labute approximate surface area is 161 Å². The second kappa shape index (κ2) is 9.04. The molecule has 0 aliphatic carbocycles. The lowest BCUT2D eigenvalue weighted by Crippen LogP contribution is -2.27. The molecule has 0 spiro atoms. The van der Waals surface area contributed by atoms with Gasteiger partial charge in [0, 0.05) is 30.5 Å². The Bertz CT molecular complexity index is 793. The highest BCUT2D eigenvalue weighted by atomic mass is 35.5. The first-order chi connectivity index (χ1) is 12.3. The molecule has 1 N–H and O–H groups in total. The third-order valence-corrected chi connectivity index (χ3v) is 4.91. The van der Waals surface area contributed by atoms with Crippen molar-refractivity contribution in [3.8, 4) is 0 Å². The first-order valence-electron chi connectivity index (χ1n) is 7.92. The molecule has 1 heterocycles. The van der Waals surface area contributed by atoms with Gasteiger partial charge in [-0.25, -0.2) is 4.98 Å². The van der Waals surface area contributed by atoms with Crippen LogP contribution < -0.4 is 10.3 Å². The lowest BCUT2D eigenvalue weighted by Gasteiger charge is -2.22. The van der Waals surface area contributed by atoms with Crippen molar-refractivity contribution < 1.29 is 0 Å². The molecule has 0 unspecified atom stereocenters. The van der Waals surface area contributed by atoms with E-state index < -0.39 is 0 Å². The van der Waals surface area contributed by atoms with Crippen LogP contribution >= 0.6 is 34.5 Å². The predicted molar refractivity (Wildman–Crippen MR) is 111 cm³/mol. The van der Waals surface area contributed by atoms with Gasteiger partial charge in [0.2, 0.25) is 5.13 Å². The van der Waals surface area contributed by atoms with Crippen LogP contribution in [-0.2, 0) is 0 Å². The number of nitrogens with zero attached hydrogens (tertiary/aromatic N) is 3. The second-order valence-corrected chi connectivity index (χ2v) is 7.10. The molecule has 7 heteroatoms. The monoisotopic (exact) mass is 392 g/mol. The SMILES string of the molecule is ClCCN(CCCl)c1ccc(C=NNc2nc3ccccc3s2)cc1. The Morgan fingerprint density at radius 3 is 2.44 bits per heavy atom. The maximum atomic E-state index is 5.85. The van der Waals surface area contributed by atoms with Crippen LogP contribution in [0.3, 0.4) is 0 Å². The highest BCUT2D eigenvalue weighted by Gasteiger charge is 2.05.